The lowest BCUT2D eigenvalue weighted by Gasteiger charge is -2.12. The molecule has 0 spiro atoms. The molecule has 0 saturated carbocycles. The highest BCUT2D eigenvalue weighted by atomic mass is 35.5. The SMILES string of the molecule is CCC(CC#N)C(=O)c1c(Cl)cccc1Cl. The number of carbonyl (C=O) groups is 1. The molecule has 4 heteroatoms. The average molecular weight is 256 g/mol. The molecule has 16 heavy (non-hydrogen) atoms. The van der Waals surface area contributed by atoms with E-state index < -0.39 is 0 Å². The lowest BCUT2D eigenvalue weighted by molar-refractivity contribution is 0.0919. The van der Waals surface area contributed by atoms with Crippen molar-refractivity contribution in [1.82, 2.24) is 0 Å². The largest absolute Gasteiger partial charge is 0.294 e. The maximum atomic E-state index is 12.1. The van der Waals surface area contributed by atoms with Gasteiger partial charge in [0.15, 0.2) is 5.78 Å². The van der Waals surface area contributed by atoms with Crippen LogP contribution in [0.2, 0.25) is 10.0 Å². The van der Waals surface area contributed by atoms with Gasteiger partial charge in [-0.2, -0.15) is 5.26 Å². The predicted molar refractivity (Wildman–Crippen MR) is 64.8 cm³/mol. The Kier molecular flexibility index (Phi) is 4.79. The second-order valence-electron chi connectivity index (χ2n) is 3.43. The minimum Gasteiger partial charge on any atom is -0.294 e. The number of Topliss-reactive ketones (excluding diaryl/α,β-unsaturated/α-hetero) is 1. The molecule has 0 aromatic heterocycles. The maximum Gasteiger partial charge on any atom is 0.169 e. The lowest BCUT2D eigenvalue weighted by Crippen LogP contribution is -2.14. The molecular formula is C12H11Cl2NO. The molecule has 0 aliphatic rings. The Hall–Kier alpha value is -1.04. The summed E-state index contributed by atoms with van der Waals surface area (Å²) in [6.45, 7) is 1.87. The third kappa shape index (κ3) is 2.75. The van der Waals surface area contributed by atoms with Gasteiger partial charge in [0.25, 0.3) is 0 Å². The first-order chi connectivity index (χ1) is 7.61. The third-order valence-electron chi connectivity index (χ3n) is 2.41. The standard InChI is InChI=1S/C12H11Cl2NO/c1-2-8(6-7-15)12(16)11-9(13)4-3-5-10(11)14/h3-5,8H,2,6H2,1H3. The number of nitrogens with zero attached hydrogens (tertiary/aromatic N) is 1. The molecule has 0 aliphatic carbocycles. The third-order valence-corrected chi connectivity index (χ3v) is 3.04. The Bertz CT molecular complexity index is 417. The number of carbonyl (C=O) groups excluding carboxylic acids is 1. The van der Waals surface area contributed by atoms with E-state index in [0.29, 0.717) is 22.0 Å². The van der Waals surface area contributed by atoms with Crippen molar-refractivity contribution in [3.8, 4) is 6.07 Å². The Balaban J connectivity index is 3.09. The van der Waals surface area contributed by atoms with Gasteiger partial charge < -0.3 is 0 Å². The smallest absolute Gasteiger partial charge is 0.169 e. The quantitative estimate of drug-likeness (QED) is 0.760. The summed E-state index contributed by atoms with van der Waals surface area (Å²) in [7, 11) is 0. The fraction of sp³-hybridized carbons (Fsp3) is 0.333. The van der Waals surface area contributed by atoms with E-state index in [1.54, 1.807) is 18.2 Å². The molecule has 0 radical (unpaired) electrons. The topological polar surface area (TPSA) is 40.9 Å². The van der Waals surface area contributed by atoms with Crippen LogP contribution in [-0.4, -0.2) is 5.78 Å². The zero-order valence-corrected chi connectivity index (χ0v) is 10.3. The van der Waals surface area contributed by atoms with Crippen molar-refractivity contribution >= 4 is 29.0 Å². The molecule has 1 unspecified atom stereocenters. The van der Waals surface area contributed by atoms with Gasteiger partial charge >= 0.3 is 0 Å². The van der Waals surface area contributed by atoms with E-state index in [9.17, 15) is 4.79 Å². The molecule has 0 saturated heterocycles. The summed E-state index contributed by atoms with van der Waals surface area (Å²) in [4.78, 5) is 12.1. The summed E-state index contributed by atoms with van der Waals surface area (Å²) < 4.78 is 0. The monoisotopic (exact) mass is 255 g/mol. The summed E-state index contributed by atoms with van der Waals surface area (Å²) in [6.07, 6.45) is 0.796. The average Bonchev–Trinajstić information content (AvgIpc) is 2.25. The van der Waals surface area contributed by atoms with Crippen LogP contribution in [0.25, 0.3) is 0 Å². The minimum atomic E-state index is -0.331. The van der Waals surface area contributed by atoms with E-state index >= 15 is 0 Å². The molecular weight excluding hydrogens is 245 g/mol. The first-order valence-corrected chi connectivity index (χ1v) is 5.72. The Morgan fingerprint density at radius 2 is 2.00 bits per heavy atom. The molecule has 0 fully saturated rings. The van der Waals surface area contributed by atoms with Crippen LogP contribution < -0.4 is 0 Å². The van der Waals surface area contributed by atoms with E-state index in [-0.39, 0.29) is 18.1 Å². The number of hydrogen-bond acceptors (Lipinski definition) is 2. The van der Waals surface area contributed by atoms with Gasteiger partial charge in [0.2, 0.25) is 0 Å². The van der Waals surface area contributed by atoms with Crippen molar-refractivity contribution in [3.63, 3.8) is 0 Å². The fourth-order valence-corrected chi connectivity index (χ4v) is 2.05. The minimum absolute atomic E-state index is 0.153. The van der Waals surface area contributed by atoms with Gasteiger partial charge in [0.05, 0.1) is 21.7 Å². The van der Waals surface area contributed by atoms with Crippen LogP contribution in [0.4, 0.5) is 0 Å². The van der Waals surface area contributed by atoms with Gasteiger partial charge in [-0.1, -0.05) is 36.2 Å². The second kappa shape index (κ2) is 5.89. The van der Waals surface area contributed by atoms with Crippen LogP contribution in [0.5, 0.6) is 0 Å². The maximum absolute atomic E-state index is 12.1. The Morgan fingerprint density at radius 3 is 2.44 bits per heavy atom. The highest BCUT2D eigenvalue weighted by molar-refractivity contribution is 6.39. The van der Waals surface area contributed by atoms with Gasteiger partial charge in [-0.05, 0) is 18.6 Å². The number of halogens is 2. The highest BCUT2D eigenvalue weighted by Crippen LogP contribution is 2.28. The zero-order valence-electron chi connectivity index (χ0n) is 8.84. The summed E-state index contributed by atoms with van der Waals surface area (Å²) >= 11 is 11.9. The molecule has 0 aliphatic heterocycles. The molecule has 1 aromatic rings. The molecule has 0 heterocycles. The molecule has 1 aromatic carbocycles. The van der Waals surface area contributed by atoms with Crippen LogP contribution in [0.15, 0.2) is 18.2 Å². The van der Waals surface area contributed by atoms with Gasteiger partial charge in [-0.25, -0.2) is 0 Å². The fourth-order valence-electron chi connectivity index (χ4n) is 1.47. The van der Waals surface area contributed by atoms with Gasteiger partial charge in [0, 0.05) is 12.3 Å². The Labute approximate surface area is 105 Å². The van der Waals surface area contributed by atoms with Gasteiger partial charge in [0.1, 0.15) is 0 Å². The number of ketones is 1. The molecule has 1 atom stereocenters. The van der Waals surface area contributed by atoms with E-state index in [1.165, 1.54) is 0 Å². The van der Waals surface area contributed by atoms with Gasteiger partial charge in [-0.15, -0.1) is 0 Å². The van der Waals surface area contributed by atoms with E-state index in [4.69, 9.17) is 28.5 Å². The van der Waals surface area contributed by atoms with Crippen LogP contribution in [0.3, 0.4) is 0 Å². The van der Waals surface area contributed by atoms with Crippen molar-refractivity contribution in [2.75, 3.05) is 0 Å². The molecule has 0 bridgehead atoms. The summed E-state index contributed by atoms with van der Waals surface area (Å²) in [6, 6.07) is 6.94. The second-order valence-corrected chi connectivity index (χ2v) is 4.24. The van der Waals surface area contributed by atoms with E-state index in [0.717, 1.165) is 0 Å². The summed E-state index contributed by atoms with van der Waals surface area (Å²) in [5, 5.41) is 9.32. The van der Waals surface area contributed by atoms with Crippen molar-refractivity contribution in [3.05, 3.63) is 33.8 Å². The molecule has 0 amide bonds. The molecule has 84 valence electrons. The first-order valence-electron chi connectivity index (χ1n) is 4.97. The van der Waals surface area contributed by atoms with E-state index in [2.05, 4.69) is 0 Å². The molecule has 2 nitrogen and oxygen atoms in total. The summed E-state index contributed by atoms with van der Waals surface area (Å²) in [5.41, 5.74) is 0.327. The van der Waals surface area contributed by atoms with Crippen LogP contribution in [-0.2, 0) is 0 Å². The number of hydrogen-bond donors (Lipinski definition) is 0. The zero-order chi connectivity index (χ0) is 12.1. The van der Waals surface area contributed by atoms with Crippen molar-refractivity contribution in [2.45, 2.75) is 19.8 Å². The van der Waals surface area contributed by atoms with Crippen molar-refractivity contribution in [2.24, 2.45) is 5.92 Å². The number of rotatable bonds is 4. The first kappa shape index (κ1) is 13.0. The Morgan fingerprint density at radius 1 is 1.44 bits per heavy atom. The lowest BCUT2D eigenvalue weighted by atomic mass is 9.93. The van der Waals surface area contributed by atoms with Crippen molar-refractivity contribution < 1.29 is 4.79 Å². The van der Waals surface area contributed by atoms with Crippen LogP contribution in [0.1, 0.15) is 30.1 Å². The number of nitriles is 1. The molecule has 1 rings (SSSR count). The summed E-state index contributed by atoms with van der Waals surface area (Å²) in [5.74, 6) is -0.484. The van der Waals surface area contributed by atoms with Crippen molar-refractivity contribution in [1.29, 1.82) is 5.26 Å². The molecule has 0 N–H and O–H groups in total. The predicted octanol–water partition coefficient (Wildman–Crippen LogP) is 4.12. The van der Waals surface area contributed by atoms with Crippen LogP contribution in [0, 0.1) is 17.2 Å². The highest BCUT2D eigenvalue weighted by Gasteiger charge is 2.22. The van der Waals surface area contributed by atoms with Crippen LogP contribution >= 0.6 is 23.2 Å². The van der Waals surface area contributed by atoms with E-state index in [1.807, 2.05) is 13.0 Å². The number of benzene rings is 1. The normalized spacial score (nSPS) is 11.9. The van der Waals surface area contributed by atoms with Gasteiger partial charge in [-0.3, -0.25) is 4.79 Å².